The summed E-state index contributed by atoms with van der Waals surface area (Å²) in [5, 5.41) is 8.83. The molecule has 0 aliphatic rings. The molecule has 0 spiro atoms. The third-order valence-electron chi connectivity index (χ3n) is 5.61. The highest BCUT2D eigenvalue weighted by molar-refractivity contribution is 6.30. The van der Waals surface area contributed by atoms with E-state index in [-0.39, 0.29) is 17.2 Å². The van der Waals surface area contributed by atoms with Gasteiger partial charge in [-0.1, -0.05) is 84.4 Å². The van der Waals surface area contributed by atoms with Crippen LogP contribution in [0.3, 0.4) is 0 Å². The number of carbonyl (C=O) groups is 1. The minimum Gasteiger partial charge on any atom is -0.347 e. The summed E-state index contributed by atoms with van der Waals surface area (Å²) in [7, 11) is 0. The number of amides is 1. The van der Waals surface area contributed by atoms with E-state index < -0.39 is 0 Å². The van der Waals surface area contributed by atoms with Gasteiger partial charge in [0.2, 0.25) is 0 Å². The van der Waals surface area contributed by atoms with Crippen molar-refractivity contribution in [3.05, 3.63) is 130 Å². The molecular formula is C28H20ClN3O2. The van der Waals surface area contributed by atoms with Crippen molar-refractivity contribution in [1.29, 1.82) is 0 Å². The fourth-order valence-electron chi connectivity index (χ4n) is 3.83. The van der Waals surface area contributed by atoms with Crippen molar-refractivity contribution >= 4 is 28.3 Å². The lowest BCUT2D eigenvalue weighted by Gasteiger charge is -2.12. The molecule has 0 bridgehead atoms. The SMILES string of the molecule is O=C(NCc1ccc(-c2ccccc2)cc1)c1nn(-c2ccc(Cl)cc2)c(=O)c2ccccc12. The van der Waals surface area contributed by atoms with Crippen molar-refractivity contribution < 1.29 is 4.79 Å². The smallest absolute Gasteiger partial charge is 0.279 e. The predicted molar refractivity (Wildman–Crippen MR) is 135 cm³/mol. The zero-order valence-corrected chi connectivity index (χ0v) is 18.9. The Bertz CT molecular complexity index is 1530. The van der Waals surface area contributed by atoms with E-state index in [2.05, 4.69) is 22.5 Å². The summed E-state index contributed by atoms with van der Waals surface area (Å²) in [6.07, 6.45) is 0. The highest BCUT2D eigenvalue weighted by Gasteiger charge is 2.17. The van der Waals surface area contributed by atoms with Gasteiger partial charge in [0.05, 0.1) is 11.1 Å². The van der Waals surface area contributed by atoms with Crippen LogP contribution in [0.2, 0.25) is 5.02 Å². The van der Waals surface area contributed by atoms with E-state index >= 15 is 0 Å². The van der Waals surface area contributed by atoms with Gasteiger partial charge in [-0.05, 0) is 47.0 Å². The number of halogens is 1. The number of hydrogen-bond donors (Lipinski definition) is 1. The monoisotopic (exact) mass is 465 g/mol. The average Bonchev–Trinajstić information content (AvgIpc) is 2.89. The van der Waals surface area contributed by atoms with Crippen LogP contribution in [-0.2, 0) is 6.54 Å². The van der Waals surface area contributed by atoms with Gasteiger partial charge >= 0.3 is 0 Å². The Morgan fingerprint density at radius 1 is 0.765 bits per heavy atom. The first-order valence-electron chi connectivity index (χ1n) is 10.8. The molecular weight excluding hydrogens is 446 g/mol. The van der Waals surface area contributed by atoms with Crippen LogP contribution in [-0.4, -0.2) is 15.7 Å². The van der Waals surface area contributed by atoms with Crippen LogP contribution in [0.4, 0.5) is 0 Å². The second-order valence-electron chi connectivity index (χ2n) is 7.83. The molecule has 6 heteroatoms. The third kappa shape index (κ3) is 4.34. The largest absolute Gasteiger partial charge is 0.347 e. The molecule has 1 N–H and O–H groups in total. The van der Waals surface area contributed by atoms with Crippen LogP contribution in [0.1, 0.15) is 16.1 Å². The maximum absolute atomic E-state index is 13.2. The van der Waals surface area contributed by atoms with Gasteiger partial charge in [0, 0.05) is 17.0 Å². The van der Waals surface area contributed by atoms with Gasteiger partial charge in [0.1, 0.15) is 0 Å². The number of benzene rings is 4. The molecule has 0 aliphatic carbocycles. The lowest BCUT2D eigenvalue weighted by atomic mass is 10.0. The van der Waals surface area contributed by atoms with Gasteiger partial charge in [-0.3, -0.25) is 9.59 Å². The van der Waals surface area contributed by atoms with Crippen molar-refractivity contribution in [1.82, 2.24) is 15.1 Å². The van der Waals surface area contributed by atoms with E-state index in [4.69, 9.17) is 11.6 Å². The quantitative estimate of drug-likeness (QED) is 0.365. The van der Waals surface area contributed by atoms with Crippen LogP contribution >= 0.6 is 11.6 Å². The number of aromatic nitrogens is 2. The second-order valence-corrected chi connectivity index (χ2v) is 8.27. The Hall–Kier alpha value is -4.22. The number of nitrogens with one attached hydrogen (secondary N) is 1. The van der Waals surface area contributed by atoms with Crippen LogP contribution in [0.25, 0.3) is 27.6 Å². The van der Waals surface area contributed by atoms with Crippen molar-refractivity contribution in [3.63, 3.8) is 0 Å². The summed E-state index contributed by atoms with van der Waals surface area (Å²) >= 11 is 5.99. The number of nitrogens with zero attached hydrogens (tertiary/aromatic N) is 2. The average molecular weight is 466 g/mol. The van der Waals surface area contributed by atoms with Crippen molar-refractivity contribution in [3.8, 4) is 16.8 Å². The molecule has 166 valence electrons. The molecule has 0 fully saturated rings. The van der Waals surface area contributed by atoms with Gasteiger partial charge in [-0.15, -0.1) is 0 Å². The van der Waals surface area contributed by atoms with E-state index in [0.717, 1.165) is 16.7 Å². The first-order valence-corrected chi connectivity index (χ1v) is 11.2. The number of carbonyl (C=O) groups excluding carboxylic acids is 1. The lowest BCUT2D eigenvalue weighted by Crippen LogP contribution is -2.29. The molecule has 4 aromatic carbocycles. The lowest BCUT2D eigenvalue weighted by molar-refractivity contribution is 0.0946. The molecule has 0 atom stereocenters. The van der Waals surface area contributed by atoms with Crippen LogP contribution in [0.5, 0.6) is 0 Å². The summed E-state index contributed by atoms with van der Waals surface area (Å²) in [6.45, 7) is 0.337. The van der Waals surface area contributed by atoms with Gasteiger partial charge in [0.25, 0.3) is 11.5 Å². The van der Waals surface area contributed by atoms with E-state index in [1.54, 1.807) is 48.5 Å². The molecule has 5 rings (SSSR count). The van der Waals surface area contributed by atoms with Crippen molar-refractivity contribution in [2.45, 2.75) is 6.54 Å². The maximum atomic E-state index is 13.2. The van der Waals surface area contributed by atoms with E-state index in [0.29, 0.717) is 28.0 Å². The molecule has 1 heterocycles. The molecule has 1 aromatic heterocycles. The Balaban J connectivity index is 1.43. The molecule has 5 aromatic rings. The molecule has 0 saturated heterocycles. The predicted octanol–water partition coefficient (Wildman–Crippen LogP) is 5.64. The molecule has 0 saturated carbocycles. The van der Waals surface area contributed by atoms with Crippen LogP contribution < -0.4 is 10.9 Å². The molecule has 5 nitrogen and oxygen atoms in total. The maximum Gasteiger partial charge on any atom is 0.279 e. The van der Waals surface area contributed by atoms with Crippen molar-refractivity contribution in [2.75, 3.05) is 0 Å². The molecule has 1 amide bonds. The Labute approximate surface area is 201 Å². The van der Waals surface area contributed by atoms with E-state index in [1.807, 2.05) is 42.5 Å². The first kappa shape index (κ1) is 21.6. The van der Waals surface area contributed by atoms with Gasteiger partial charge < -0.3 is 5.32 Å². The molecule has 0 radical (unpaired) electrons. The Morgan fingerprint density at radius 3 is 2.09 bits per heavy atom. The zero-order chi connectivity index (χ0) is 23.5. The zero-order valence-electron chi connectivity index (χ0n) is 18.1. The number of fused-ring (bicyclic) bond motifs is 1. The van der Waals surface area contributed by atoms with Gasteiger partial charge in [-0.25, -0.2) is 0 Å². The summed E-state index contributed by atoms with van der Waals surface area (Å²) in [4.78, 5) is 26.2. The highest BCUT2D eigenvalue weighted by Crippen LogP contribution is 2.20. The van der Waals surface area contributed by atoms with Crippen molar-refractivity contribution in [2.24, 2.45) is 0 Å². The standard InChI is InChI=1S/C28H20ClN3O2/c29-22-14-16-23(17-15-22)32-28(34)25-9-5-4-8-24(25)26(31-32)27(33)30-18-19-10-12-21(13-11-19)20-6-2-1-3-7-20/h1-17H,18H2,(H,30,33). The normalized spacial score (nSPS) is 10.9. The minimum absolute atomic E-state index is 0.186. The molecule has 34 heavy (non-hydrogen) atoms. The van der Waals surface area contributed by atoms with Gasteiger partial charge in [0.15, 0.2) is 5.69 Å². The third-order valence-corrected chi connectivity index (χ3v) is 5.86. The Morgan fingerprint density at radius 2 is 1.38 bits per heavy atom. The number of rotatable bonds is 5. The van der Waals surface area contributed by atoms with Crippen LogP contribution in [0, 0.1) is 0 Å². The highest BCUT2D eigenvalue weighted by atomic mass is 35.5. The van der Waals surface area contributed by atoms with Gasteiger partial charge in [-0.2, -0.15) is 9.78 Å². The molecule has 0 unspecified atom stereocenters. The topological polar surface area (TPSA) is 64.0 Å². The fraction of sp³-hybridized carbons (Fsp3) is 0.0357. The second kappa shape index (κ2) is 9.33. The summed E-state index contributed by atoms with van der Waals surface area (Å²) < 4.78 is 1.24. The van der Waals surface area contributed by atoms with E-state index in [1.165, 1.54) is 4.68 Å². The minimum atomic E-state index is -0.356. The van der Waals surface area contributed by atoms with E-state index in [9.17, 15) is 9.59 Å². The number of hydrogen-bond acceptors (Lipinski definition) is 3. The van der Waals surface area contributed by atoms with Crippen LogP contribution in [0.15, 0.2) is 108 Å². The summed E-state index contributed by atoms with van der Waals surface area (Å²) in [5.41, 5.74) is 3.63. The molecule has 0 aliphatic heterocycles. The fourth-order valence-corrected chi connectivity index (χ4v) is 3.95. The summed E-state index contributed by atoms with van der Waals surface area (Å²) in [6, 6.07) is 31.9. The Kier molecular flexibility index (Phi) is 5.93. The first-order chi connectivity index (χ1) is 16.6. The summed E-state index contributed by atoms with van der Waals surface area (Å²) in [5.74, 6) is -0.356.